The number of likely N-dealkylation sites (tertiary alicyclic amines) is 1. The summed E-state index contributed by atoms with van der Waals surface area (Å²) in [6, 6.07) is 6.80. The van der Waals surface area contributed by atoms with Gasteiger partial charge in [0.25, 0.3) is 0 Å². The molecule has 5 nitrogen and oxygen atoms in total. The van der Waals surface area contributed by atoms with E-state index in [0.29, 0.717) is 19.5 Å². The predicted molar refractivity (Wildman–Crippen MR) is 78.4 cm³/mol. The lowest BCUT2D eigenvalue weighted by atomic mass is 10.2. The third-order valence-corrected chi connectivity index (χ3v) is 3.91. The Morgan fingerprint density at radius 3 is 2.90 bits per heavy atom. The van der Waals surface area contributed by atoms with E-state index in [9.17, 15) is 9.59 Å². The molecule has 2 rings (SSSR count). The molecule has 1 saturated heterocycles. The predicted octanol–water partition coefficient (Wildman–Crippen LogP) is 2.55. The third-order valence-electron chi connectivity index (χ3n) is 3.42. The number of carboxylic acid groups (broad SMARTS) is 1. The maximum Gasteiger partial charge on any atom is 0.326 e. The van der Waals surface area contributed by atoms with Crippen LogP contribution in [0.15, 0.2) is 28.7 Å². The second kappa shape index (κ2) is 6.26. The number of nitrogens with zero attached hydrogens (tertiary/aromatic N) is 2. The van der Waals surface area contributed by atoms with Gasteiger partial charge < -0.3 is 14.9 Å². The van der Waals surface area contributed by atoms with E-state index in [0.717, 1.165) is 16.5 Å². The molecule has 0 bridgehead atoms. The molecule has 0 radical (unpaired) electrons. The maximum absolute atomic E-state index is 12.3. The summed E-state index contributed by atoms with van der Waals surface area (Å²) in [7, 11) is 1.69. The van der Waals surface area contributed by atoms with Gasteiger partial charge in [-0.3, -0.25) is 0 Å². The fourth-order valence-corrected chi connectivity index (χ4v) is 2.90. The molecular formula is C14H17BrN2O3. The summed E-state index contributed by atoms with van der Waals surface area (Å²) in [4.78, 5) is 26.5. The van der Waals surface area contributed by atoms with Crippen LogP contribution in [0.1, 0.15) is 18.4 Å². The van der Waals surface area contributed by atoms with E-state index >= 15 is 0 Å². The number of hydrogen-bond acceptors (Lipinski definition) is 2. The highest BCUT2D eigenvalue weighted by Gasteiger charge is 2.35. The first-order chi connectivity index (χ1) is 9.49. The standard InChI is InChI=1S/C14H17BrN2O3/c1-16(9-10-4-2-5-11(15)8-10)14(20)17-7-3-6-12(17)13(18)19/h2,4-5,8,12H,3,6-7,9H2,1H3,(H,18,19). The smallest absolute Gasteiger partial charge is 0.326 e. The summed E-state index contributed by atoms with van der Waals surface area (Å²) in [6.45, 7) is 0.972. The normalized spacial score (nSPS) is 18.1. The average Bonchev–Trinajstić information content (AvgIpc) is 2.87. The topological polar surface area (TPSA) is 60.9 Å². The van der Waals surface area contributed by atoms with Crippen LogP contribution in [0.5, 0.6) is 0 Å². The number of halogens is 1. The summed E-state index contributed by atoms with van der Waals surface area (Å²) < 4.78 is 0.959. The highest BCUT2D eigenvalue weighted by molar-refractivity contribution is 9.10. The first kappa shape index (κ1) is 14.8. The van der Waals surface area contributed by atoms with Gasteiger partial charge in [-0.25, -0.2) is 9.59 Å². The number of benzene rings is 1. The molecule has 20 heavy (non-hydrogen) atoms. The Morgan fingerprint density at radius 2 is 2.25 bits per heavy atom. The zero-order chi connectivity index (χ0) is 14.7. The molecule has 1 N–H and O–H groups in total. The molecular weight excluding hydrogens is 324 g/mol. The Balaban J connectivity index is 2.03. The molecule has 1 unspecified atom stereocenters. The zero-order valence-corrected chi connectivity index (χ0v) is 12.8. The fourth-order valence-electron chi connectivity index (χ4n) is 2.45. The van der Waals surface area contributed by atoms with Crippen LogP contribution in [0.25, 0.3) is 0 Å². The van der Waals surface area contributed by atoms with Crippen molar-refractivity contribution in [2.24, 2.45) is 0 Å². The second-order valence-electron chi connectivity index (χ2n) is 4.96. The van der Waals surface area contributed by atoms with Gasteiger partial charge in [-0.2, -0.15) is 0 Å². The van der Waals surface area contributed by atoms with Crippen molar-refractivity contribution >= 4 is 27.9 Å². The summed E-state index contributed by atoms with van der Waals surface area (Å²) in [6.07, 6.45) is 1.28. The maximum atomic E-state index is 12.3. The van der Waals surface area contributed by atoms with E-state index < -0.39 is 12.0 Å². The minimum absolute atomic E-state index is 0.227. The molecule has 1 heterocycles. The molecule has 1 aromatic rings. The third kappa shape index (κ3) is 3.30. The number of amides is 2. The largest absolute Gasteiger partial charge is 0.480 e. The number of urea groups is 1. The van der Waals surface area contributed by atoms with Gasteiger partial charge in [0, 0.05) is 24.6 Å². The molecule has 0 spiro atoms. The molecule has 1 fully saturated rings. The van der Waals surface area contributed by atoms with Crippen molar-refractivity contribution < 1.29 is 14.7 Å². The molecule has 1 atom stereocenters. The molecule has 108 valence electrons. The van der Waals surface area contributed by atoms with Crippen molar-refractivity contribution in [2.75, 3.05) is 13.6 Å². The number of aliphatic carboxylic acids is 1. The summed E-state index contributed by atoms with van der Waals surface area (Å²) in [5.41, 5.74) is 1.00. The van der Waals surface area contributed by atoms with Crippen LogP contribution < -0.4 is 0 Å². The van der Waals surface area contributed by atoms with Gasteiger partial charge in [0.2, 0.25) is 0 Å². The Hall–Kier alpha value is -1.56. The Kier molecular flexibility index (Phi) is 4.65. The average molecular weight is 341 g/mol. The molecule has 0 saturated carbocycles. The van der Waals surface area contributed by atoms with Crippen LogP contribution in [0, 0.1) is 0 Å². The fraction of sp³-hybridized carbons (Fsp3) is 0.429. The van der Waals surface area contributed by atoms with Gasteiger partial charge >= 0.3 is 12.0 Å². The van der Waals surface area contributed by atoms with E-state index in [2.05, 4.69) is 15.9 Å². The van der Waals surface area contributed by atoms with Gasteiger partial charge in [0.1, 0.15) is 6.04 Å². The van der Waals surface area contributed by atoms with Gasteiger partial charge in [-0.05, 0) is 30.5 Å². The Bertz CT molecular complexity index is 521. The van der Waals surface area contributed by atoms with Crippen molar-refractivity contribution in [3.05, 3.63) is 34.3 Å². The van der Waals surface area contributed by atoms with Gasteiger partial charge in [0.05, 0.1) is 0 Å². The quantitative estimate of drug-likeness (QED) is 0.919. The molecule has 1 aromatic carbocycles. The van der Waals surface area contributed by atoms with Crippen molar-refractivity contribution in [3.63, 3.8) is 0 Å². The van der Waals surface area contributed by atoms with E-state index in [4.69, 9.17) is 5.11 Å². The first-order valence-electron chi connectivity index (χ1n) is 6.48. The Morgan fingerprint density at radius 1 is 1.50 bits per heavy atom. The minimum atomic E-state index is -0.924. The van der Waals surface area contributed by atoms with Crippen molar-refractivity contribution in [3.8, 4) is 0 Å². The lowest BCUT2D eigenvalue weighted by Gasteiger charge is -2.27. The number of carbonyl (C=O) groups excluding carboxylic acids is 1. The number of carbonyl (C=O) groups is 2. The number of carboxylic acids is 1. The van der Waals surface area contributed by atoms with E-state index in [1.54, 1.807) is 11.9 Å². The lowest BCUT2D eigenvalue weighted by Crippen LogP contribution is -2.46. The van der Waals surface area contributed by atoms with Gasteiger partial charge in [0.15, 0.2) is 0 Å². The lowest BCUT2D eigenvalue weighted by molar-refractivity contribution is -0.141. The highest BCUT2D eigenvalue weighted by atomic mass is 79.9. The van der Waals surface area contributed by atoms with Crippen molar-refractivity contribution in [1.29, 1.82) is 0 Å². The van der Waals surface area contributed by atoms with Crippen LogP contribution >= 0.6 is 15.9 Å². The van der Waals surface area contributed by atoms with Gasteiger partial charge in [-0.15, -0.1) is 0 Å². The van der Waals surface area contributed by atoms with E-state index in [-0.39, 0.29) is 6.03 Å². The molecule has 0 aliphatic carbocycles. The monoisotopic (exact) mass is 340 g/mol. The SMILES string of the molecule is CN(Cc1cccc(Br)c1)C(=O)N1CCCC1C(=O)O. The van der Waals surface area contributed by atoms with Crippen LogP contribution in [0.2, 0.25) is 0 Å². The summed E-state index contributed by atoms with van der Waals surface area (Å²) >= 11 is 3.39. The summed E-state index contributed by atoms with van der Waals surface area (Å²) in [5.74, 6) is -0.924. The van der Waals surface area contributed by atoms with Crippen molar-refractivity contribution in [1.82, 2.24) is 9.80 Å². The second-order valence-corrected chi connectivity index (χ2v) is 5.87. The van der Waals surface area contributed by atoms with Crippen LogP contribution in [-0.4, -0.2) is 46.5 Å². The van der Waals surface area contributed by atoms with E-state index in [1.807, 2.05) is 24.3 Å². The van der Waals surface area contributed by atoms with Crippen LogP contribution in [0.3, 0.4) is 0 Å². The van der Waals surface area contributed by atoms with E-state index in [1.165, 1.54) is 4.90 Å². The number of hydrogen-bond donors (Lipinski definition) is 1. The van der Waals surface area contributed by atoms with Crippen LogP contribution in [0.4, 0.5) is 4.79 Å². The zero-order valence-electron chi connectivity index (χ0n) is 11.3. The molecule has 6 heteroatoms. The summed E-state index contributed by atoms with van der Waals surface area (Å²) in [5, 5.41) is 9.12. The molecule has 1 aliphatic rings. The Labute approximate surface area is 126 Å². The molecule has 1 aliphatic heterocycles. The van der Waals surface area contributed by atoms with Gasteiger partial charge in [-0.1, -0.05) is 28.1 Å². The van der Waals surface area contributed by atoms with Crippen molar-refractivity contribution in [2.45, 2.75) is 25.4 Å². The molecule has 0 aromatic heterocycles. The minimum Gasteiger partial charge on any atom is -0.480 e. The van der Waals surface area contributed by atoms with Crippen LogP contribution in [-0.2, 0) is 11.3 Å². The molecule has 2 amide bonds. The number of rotatable bonds is 3. The first-order valence-corrected chi connectivity index (χ1v) is 7.27. The highest BCUT2D eigenvalue weighted by Crippen LogP contribution is 2.20.